The number of nitrogens with one attached hydrogen (secondary N) is 2. The van der Waals surface area contributed by atoms with Crippen LogP contribution in [0.4, 0.5) is 10.7 Å². The van der Waals surface area contributed by atoms with Crippen molar-refractivity contribution in [2.45, 2.75) is 51.8 Å². The number of carbonyl (C=O) groups is 1. The van der Waals surface area contributed by atoms with Crippen molar-refractivity contribution in [1.29, 1.82) is 0 Å². The van der Waals surface area contributed by atoms with Crippen molar-refractivity contribution in [2.24, 2.45) is 0 Å². The minimum Gasteiger partial charge on any atom is -0.444 e. The number of nitrogens with zero attached hydrogens (tertiary/aromatic N) is 3. The lowest BCUT2D eigenvalue weighted by atomic mass is 10.1. The number of H-pyrrole nitrogens is 1. The van der Waals surface area contributed by atoms with Gasteiger partial charge in [0.25, 0.3) is 5.56 Å². The molecule has 0 aliphatic carbocycles. The minimum atomic E-state index is -0.553. The number of hydrogen-bond donors (Lipinski definition) is 2. The Hall–Kier alpha value is -3.00. The summed E-state index contributed by atoms with van der Waals surface area (Å²) in [6, 6.07) is 9.30. The summed E-state index contributed by atoms with van der Waals surface area (Å²) in [6.45, 7) is 7.29. The molecular formula is C23H28ClN5O3. The molecule has 1 aliphatic heterocycles. The van der Waals surface area contributed by atoms with E-state index in [1.165, 1.54) is 0 Å². The van der Waals surface area contributed by atoms with E-state index < -0.39 is 11.7 Å². The molecule has 2 N–H and O–H groups in total. The number of piperidine rings is 1. The van der Waals surface area contributed by atoms with Crippen LogP contribution in [0.25, 0.3) is 11.0 Å². The van der Waals surface area contributed by atoms with Crippen molar-refractivity contribution < 1.29 is 9.53 Å². The van der Waals surface area contributed by atoms with E-state index in [-0.39, 0.29) is 11.6 Å². The largest absolute Gasteiger partial charge is 0.444 e. The Labute approximate surface area is 191 Å². The fourth-order valence-corrected chi connectivity index (χ4v) is 4.21. The highest BCUT2D eigenvalue weighted by atomic mass is 35.5. The maximum Gasteiger partial charge on any atom is 0.407 e. The first-order valence-electron chi connectivity index (χ1n) is 10.8. The van der Waals surface area contributed by atoms with E-state index in [9.17, 15) is 9.59 Å². The van der Waals surface area contributed by atoms with E-state index in [1.807, 2.05) is 49.6 Å². The molecule has 2 aromatic heterocycles. The van der Waals surface area contributed by atoms with E-state index in [0.29, 0.717) is 35.1 Å². The second-order valence-corrected chi connectivity index (χ2v) is 9.47. The van der Waals surface area contributed by atoms with Crippen molar-refractivity contribution in [3.8, 4) is 0 Å². The summed E-state index contributed by atoms with van der Waals surface area (Å²) in [7, 11) is 0. The van der Waals surface area contributed by atoms with Gasteiger partial charge in [-0.05, 0) is 51.3 Å². The van der Waals surface area contributed by atoms with Crippen molar-refractivity contribution in [2.75, 3.05) is 18.0 Å². The van der Waals surface area contributed by atoms with Gasteiger partial charge in [-0.3, -0.25) is 4.79 Å². The number of aromatic nitrogens is 3. The number of amides is 1. The van der Waals surface area contributed by atoms with E-state index in [0.717, 1.165) is 24.9 Å². The molecule has 170 valence electrons. The highest BCUT2D eigenvalue weighted by Crippen LogP contribution is 2.26. The van der Waals surface area contributed by atoms with Crippen molar-refractivity contribution in [1.82, 2.24) is 19.9 Å². The molecule has 0 radical (unpaired) electrons. The number of pyridine rings is 1. The van der Waals surface area contributed by atoms with Gasteiger partial charge in [-0.1, -0.05) is 29.8 Å². The molecule has 8 nitrogen and oxygen atoms in total. The van der Waals surface area contributed by atoms with E-state index >= 15 is 0 Å². The van der Waals surface area contributed by atoms with Crippen LogP contribution in [0.1, 0.15) is 39.2 Å². The number of carbonyl (C=O) groups excluding carboxylic acids is 1. The lowest BCUT2D eigenvalue weighted by molar-refractivity contribution is 0.0500. The molecule has 1 saturated heterocycles. The molecule has 1 amide bonds. The van der Waals surface area contributed by atoms with Crippen LogP contribution in [0.3, 0.4) is 0 Å². The summed E-state index contributed by atoms with van der Waals surface area (Å²) < 4.78 is 7.32. The second-order valence-electron chi connectivity index (χ2n) is 9.06. The maximum atomic E-state index is 12.7. The van der Waals surface area contributed by atoms with Crippen LogP contribution in [0.5, 0.6) is 0 Å². The molecule has 1 aromatic carbocycles. The third kappa shape index (κ3) is 4.91. The van der Waals surface area contributed by atoms with Crippen LogP contribution in [-0.4, -0.2) is 45.4 Å². The van der Waals surface area contributed by atoms with Gasteiger partial charge in [-0.15, -0.1) is 0 Å². The number of fused-ring (bicyclic) bond motifs is 1. The number of halogens is 1. The molecule has 0 saturated carbocycles. The fourth-order valence-electron chi connectivity index (χ4n) is 4.02. The maximum absolute atomic E-state index is 12.7. The third-order valence-corrected chi connectivity index (χ3v) is 5.73. The number of alkyl carbamates (subject to hydrolysis) is 1. The topological polar surface area (TPSA) is 92.2 Å². The first kappa shape index (κ1) is 22.2. The minimum absolute atomic E-state index is 0.0783. The number of benzene rings is 1. The quantitative estimate of drug-likeness (QED) is 0.619. The van der Waals surface area contributed by atoms with E-state index in [2.05, 4.69) is 15.2 Å². The molecule has 4 rings (SSSR count). The van der Waals surface area contributed by atoms with Crippen molar-refractivity contribution in [3.63, 3.8) is 0 Å². The number of aromatic amines is 1. The Morgan fingerprint density at radius 2 is 2.09 bits per heavy atom. The van der Waals surface area contributed by atoms with Gasteiger partial charge in [0.1, 0.15) is 11.1 Å². The van der Waals surface area contributed by atoms with Crippen LogP contribution in [-0.2, 0) is 11.3 Å². The SMILES string of the molecule is CC(C)(C)OC(=O)NC1CCCN(c2nc3cc[nH]c(=O)c3n2Cc2ccccc2Cl)C1. The summed E-state index contributed by atoms with van der Waals surface area (Å²) in [4.78, 5) is 34.6. The lowest BCUT2D eigenvalue weighted by Gasteiger charge is -2.34. The van der Waals surface area contributed by atoms with Gasteiger partial charge in [0, 0.05) is 30.4 Å². The number of anilines is 1. The first-order chi connectivity index (χ1) is 15.2. The normalized spacial score (nSPS) is 16.9. The number of rotatable bonds is 4. The summed E-state index contributed by atoms with van der Waals surface area (Å²) in [6.07, 6.45) is 2.91. The zero-order valence-corrected chi connectivity index (χ0v) is 19.3. The summed E-state index contributed by atoms with van der Waals surface area (Å²) >= 11 is 6.41. The molecule has 3 aromatic rings. The monoisotopic (exact) mass is 457 g/mol. The third-order valence-electron chi connectivity index (χ3n) is 5.36. The molecule has 0 bridgehead atoms. The predicted octanol–water partition coefficient (Wildman–Crippen LogP) is 3.92. The van der Waals surface area contributed by atoms with E-state index in [4.69, 9.17) is 21.3 Å². The zero-order chi connectivity index (χ0) is 22.9. The highest BCUT2D eigenvalue weighted by molar-refractivity contribution is 6.31. The molecule has 9 heteroatoms. The number of imidazole rings is 1. The Morgan fingerprint density at radius 3 is 2.84 bits per heavy atom. The highest BCUT2D eigenvalue weighted by Gasteiger charge is 2.28. The van der Waals surface area contributed by atoms with Gasteiger partial charge in [-0.25, -0.2) is 9.78 Å². The standard InChI is InChI=1S/C23H28ClN5O3/c1-23(2,3)32-22(31)26-16-8-6-12-28(14-16)21-27-18-10-11-25-20(30)19(18)29(21)13-15-7-4-5-9-17(15)24/h4-5,7,9-11,16H,6,8,12-14H2,1-3H3,(H,25,30)(H,26,31). The van der Waals surface area contributed by atoms with Gasteiger partial charge >= 0.3 is 6.09 Å². The van der Waals surface area contributed by atoms with Gasteiger partial charge in [0.2, 0.25) is 5.95 Å². The smallest absolute Gasteiger partial charge is 0.407 e. The Bertz CT molecular complexity index is 1180. The zero-order valence-electron chi connectivity index (χ0n) is 18.5. The summed E-state index contributed by atoms with van der Waals surface area (Å²) in [5.74, 6) is 0.687. The molecule has 1 unspecified atom stereocenters. The van der Waals surface area contributed by atoms with Crippen LogP contribution >= 0.6 is 11.6 Å². The fraction of sp³-hybridized carbons (Fsp3) is 0.435. The van der Waals surface area contributed by atoms with Crippen molar-refractivity contribution in [3.05, 3.63) is 57.5 Å². The molecule has 0 spiro atoms. The van der Waals surface area contributed by atoms with Crippen LogP contribution in [0.15, 0.2) is 41.3 Å². The average molecular weight is 458 g/mol. The molecule has 1 atom stereocenters. The van der Waals surface area contributed by atoms with Crippen LogP contribution in [0.2, 0.25) is 5.02 Å². The van der Waals surface area contributed by atoms with Crippen LogP contribution in [0, 0.1) is 0 Å². The molecule has 1 aliphatic rings. The summed E-state index contributed by atoms with van der Waals surface area (Å²) in [5.41, 5.74) is 1.28. The van der Waals surface area contributed by atoms with Gasteiger partial charge in [0.05, 0.1) is 12.1 Å². The Morgan fingerprint density at radius 1 is 1.31 bits per heavy atom. The van der Waals surface area contributed by atoms with Gasteiger partial charge < -0.3 is 24.5 Å². The van der Waals surface area contributed by atoms with Gasteiger partial charge in [-0.2, -0.15) is 0 Å². The number of ether oxygens (including phenoxy) is 1. The molecule has 1 fully saturated rings. The Balaban J connectivity index is 1.65. The second kappa shape index (κ2) is 8.86. The van der Waals surface area contributed by atoms with E-state index in [1.54, 1.807) is 12.3 Å². The van der Waals surface area contributed by atoms with Crippen LogP contribution < -0.4 is 15.8 Å². The average Bonchev–Trinajstić information content (AvgIpc) is 3.08. The molecular weight excluding hydrogens is 430 g/mol. The Kier molecular flexibility index (Phi) is 6.15. The van der Waals surface area contributed by atoms with Crippen molar-refractivity contribution >= 4 is 34.7 Å². The number of hydrogen-bond acceptors (Lipinski definition) is 5. The first-order valence-corrected chi connectivity index (χ1v) is 11.1. The van der Waals surface area contributed by atoms with Gasteiger partial charge in [0.15, 0.2) is 0 Å². The summed E-state index contributed by atoms with van der Waals surface area (Å²) in [5, 5.41) is 3.60. The lowest BCUT2D eigenvalue weighted by Crippen LogP contribution is -2.49. The molecule has 3 heterocycles. The molecule has 32 heavy (non-hydrogen) atoms. The predicted molar refractivity (Wildman–Crippen MR) is 126 cm³/mol.